The third kappa shape index (κ3) is 2.68. The van der Waals surface area contributed by atoms with Crippen LogP contribution >= 0.6 is 50.7 Å². The predicted octanol–water partition coefficient (Wildman–Crippen LogP) is 6.39. The van der Waals surface area contributed by atoms with Crippen molar-refractivity contribution in [1.82, 2.24) is 9.55 Å². The zero-order chi connectivity index (χ0) is 15.1. The molecule has 0 aliphatic heterocycles. The van der Waals surface area contributed by atoms with Crippen molar-refractivity contribution in [2.45, 2.75) is 12.3 Å². The SMILES string of the molecule is CC(Cl)c1nc2cc(Cl)ccc2n1-c1cccc(Cl)c1Br. The Kier molecular flexibility index (Phi) is 4.19. The van der Waals surface area contributed by atoms with E-state index in [1.807, 2.05) is 47.9 Å². The highest BCUT2D eigenvalue weighted by atomic mass is 79.9. The van der Waals surface area contributed by atoms with Crippen LogP contribution in [0.25, 0.3) is 16.7 Å². The van der Waals surface area contributed by atoms with Gasteiger partial charge in [0.15, 0.2) is 0 Å². The summed E-state index contributed by atoms with van der Waals surface area (Å²) in [5, 5.41) is 1.03. The number of imidazole rings is 1. The number of rotatable bonds is 2. The fourth-order valence-electron chi connectivity index (χ4n) is 2.26. The van der Waals surface area contributed by atoms with E-state index in [0.717, 1.165) is 27.0 Å². The Morgan fingerprint density at radius 2 is 1.95 bits per heavy atom. The molecule has 1 aromatic heterocycles. The van der Waals surface area contributed by atoms with E-state index in [9.17, 15) is 0 Å². The van der Waals surface area contributed by atoms with Gasteiger partial charge in [0.1, 0.15) is 5.82 Å². The number of alkyl halides is 1. The summed E-state index contributed by atoms with van der Waals surface area (Å²) in [6.07, 6.45) is 0. The molecule has 6 heteroatoms. The molecule has 1 atom stereocenters. The quantitative estimate of drug-likeness (QED) is 0.452. The van der Waals surface area contributed by atoms with E-state index in [1.165, 1.54) is 0 Å². The lowest BCUT2D eigenvalue weighted by molar-refractivity contribution is 0.880. The average Bonchev–Trinajstić information content (AvgIpc) is 2.80. The van der Waals surface area contributed by atoms with E-state index in [1.54, 1.807) is 0 Å². The van der Waals surface area contributed by atoms with Gasteiger partial charge in [0.25, 0.3) is 0 Å². The van der Waals surface area contributed by atoms with Crippen molar-refractivity contribution in [2.75, 3.05) is 0 Å². The minimum absolute atomic E-state index is 0.248. The van der Waals surface area contributed by atoms with Gasteiger partial charge in [-0.2, -0.15) is 0 Å². The Hall–Kier alpha value is -0.740. The van der Waals surface area contributed by atoms with Crippen LogP contribution in [0.4, 0.5) is 0 Å². The lowest BCUT2D eigenvalue weighted by Gasteiger charge is -2.13. The van der Waals surface area contributed by atoms with Gasteiger partial charge in [0, 0.05) is 5.02 Å². The van der Waals surface area contributed by atoms with Crippen molar-refractivity contribution in [3.8, 4) is 5.69 Å². The fraction of sp³-hybridized carbons (Fsp3) is 0.133. The van der Waals surface area contributed by atoms with E-state index >= 15 is 0 Å². The summed E-state index contributed by atoms with van der Waals surface area (Å²) < 4.78 is 2.80. The highest BCUT2D eigenvalue weighted by Gasteiger charge is 2.18. The van der Waals surface area contributed by atoms with E-state index in [-0.39, 0.29) is 5.38 Å². The molecule has 0 N–H and O–H groups in total. The molecule has 0 bridgehead atoms. The second kappa shape index (κ2) is 5.81. The molecule has 1 unspecified atom stereocenters. The maximum atomic E-state index is 6.30. The normalized spacial score (nSPS) is 12.8. The number of nitrogens with zero attached hydrogens (tertiary/aromatic N) is 2. The van der Waals surface area contributed by atoms with Crippen molar-refractivity contribution < 1.29 is 0 Å². The van der Waals surface area contributed by atoms with Crippen molar-refractivity contribution >= 4 is 61.8 Å². The Balaban J connectivity index is 2.39. The van der Waals surface area contributed by atoms with Crippen LogP contribution in [0.15, 0.2) is 40.9 Å². The zero-order valence-electron chi connectivity index (χ0n) is 10.9. The molecule has 2 nitrogen and oxygen atoms in total. The van der Waals surface area contributed by atoms with Gasteiger partial charge in [0.05, 0.1) is 31.6 Å². The first-order chi connectivity index (χ1) is 9.99. The molecule has 0 saturated carbocycles. The molecule has 0 fully saturated rings. The fourth-order valence-corrected chi connectivity index (χ4v) is 3.18. The molecule has 0 amide bonds. The Bertz CT molecular complexity index is 827. The zero-order valence-corrected chi connectivity index (χ0v) is 14.8. The number of hydrogen-bond acceptors (Lipinski definition) is 1. The molecule has 3 rings (SSSR count). The molecule has 21 heavy (non-hydrogen) atoms. The van der Waals surface area contributed by atoms with Gasteiger partial charge >= 0.3 is 0 Å². The Morgan fingerprint density at radius 3 is 2.67 bits per heavy atom. The van der Waals surface area contributed by atoms with Gasteiger partial charge in [-0.15, -0.1) is 11.6 Å². The van der Waals surface area contributed by atoms with Crippen LogP contribution in [0.5, 0.6) is 0 Å². The van der Waals surface area contributed by atoms with Gasteiger partial charge < -0.3 is 0 Å². The van der Waals surface area contributed by atoms with Crippen LogP contribution in [0, 0.1) is 0 Å². The third-order valence-corrected chi connectivity index (χ3v) is 4.98. The summed E-state index contributed by atoms with van der Waals surface area (Å²) in [5.74, 6) is 0.747. The second-order valence-corrected chi connectivity index (χ2v) is 6.92. The summed E-state index contributed by atoms with van der Waals surface area (Å²) in [5.41, 5.74) is 2.64. The van der Waals surface area contributed by atoms with Gasteiger partial charge in [0.2, 0.25) is 0 Å². The summed E-state index contributed by atoms with van der Waals surface area (Å²) in [6, 6.07) is 11.3. The maximum Gasteiger partial charge on any atom is 0.132 e. The molecule has 0 spiro atoms. The molecule has 108 valence electrons. The molecule has 0 saturated heterocycles. The van der Waals surface area contributed by atoms with Crippen LogP contribution < -0.4 is 0 Å². The molecule has 2 aromatic carbocycles. The molecule has 0 aliphatic rings. The van der Waals surface area contributed by atoms with E-state index in [2.05, 4.69) is 20.9 Å². The number of fused-ring (bicyclic) bond motifs is 1. The van der Waals surface area contributed by atoms with E-state index < -0.39 is 0 Å². The first-order valence-corrected chi connectivity index (χ1v) is 8.24. The second-order valence-electron chi connectivity index (χ2n) is 4.63. The number of benzene rings is 2. The summed E-state index contributed by atoms with van der Waals surface area (Å²) in [6.45, 7) is 1.89. The number of aromatic nitrogens is 2. The van der Waals surface area contributed by atoms with Gasteiger partial charge in [-0.3, -0.25) is 4.57 Å². The van der Waals surface area contributed by atoms with Gasteiger partial charge in [-0.1, -0.05) is 29.3 Å². The number of halogens is 4. The van der Waals surface area contributed by atoms with E-state index in [4.69, 9.17) is 34.8 Å². The first kappa shape index (κ1) is 15.2. The maximum absolute atomic E-state index is 6.30. The minimum atomic E-state index is -0.248. The van der Waals surface area contributed by atoms with Crippen LogP contribution in [-0.2, 0) is 0 Å². The first-order valence-electron chi connectivity index (χ1n) is 6.25. The van der Waals surface area contributed by atoms with Gasteiger partial charge in [-0.25, -0.2) is 4.98 Å². The van der Waals surface area contributed by atoms with Crippen molar-refractivity contribution in [2.24, 2.45) is 0 Å². The average molecular weight is 405 g/mol. The predicted molar refractivity (Wildman–Crippen MR) is 93.1 cm³/mol. The monoisotopic (exact) mass is 402 g/mol. The molecular formula is C15H10BrCl3N2. The minimum Gasteiger partial charge on any atom is -0.294 e. The highest BCUT2D eigenvalue weighted by molar-refractivity contribution is 9.10. The number of hydrogen-bond donors (Lipinski definition) is 0. The van der Waals surface area contributed by atoms with Crippen molar-refractivity contribution in [1.29, 1.82) is 0 Å². The topological polar surface area (TPSA) is 17.8 Å². The summed E-state index contributed by atoms with van der Waals surface area (Å²) >= 11 is 22.1. The standard InChI is InChI=1S/C15H10BrCl3N2/c1-8(17)15-20-11-7-9(18)5-6-12(11)21(15)13-4-2-3-10(19)14(13)16/h2-8H,1H3. The summed E-state index contributed by atoms with van der Waals surface area (Å²) in [4.78, 5) is 4.60. The Labute approximate surface area is 145 Å². The Morgan fingerprint density at radius 1 is 1.19 bits per heavy atom. The van der Waals surface area contributed by atoms with Crippen LogP contribution in [0.3, 0.4) is 0 Å². The highest BCUT2D eigenvalue weighted by Crippen LogP contribution is 2.35. The van der Waals surface area contributed by atoms with Crippen LogP contribution in [-0.4, -0.2) is 9.55 Å². The van der Waals surface area contributed by atoms with Crippen molar-refractivity contribution in [3.63, 3.8) is 0 Å². The smallest absolute Gasteiger partial charge is 0.132 e. The molecule has 3 aromatic rings. The van der Waals surface area contributed by atoms with E-state index in [0.29, 0.717) is 10.0 Å². The lowest BCUT2D eigenvalue weighted by atomic mass is 10.2. The largest absolute Gasteiger partial charge is 0.294 e. The molecular weight excluding hydrogens is 394 g/mol. The van der Waals surface area contributed by atoms with Crippen LogP contribution in [0.2, 0.25) is 10.0 Å². The molecule has 1 heterocycles. The summed E-state index contributed by atoms with van der Waals surface area (Å²) in [7, 11) is 0. The molecule has 0 radical (unpaired) electrons. The third-order valence-electron chi connectivity index (χ3n) is 3.17. The lowest BCUT2D eigenvalue weighted by Crippen LogP contribution is -2.02. The van der Waals surface area contributed by atoms with Crippen LogP contribution in [0.1, 0.15) is 18.1 Å². The van der Waals surface area contributed by atoms with Gasteiger partial charge in [-0.05, 0) is 53.2 Å². The van der Waals surface area contributed by atoms with Crippen molar-refractivity contribution in [3.05, 3.63) is 56.7 Å². The molecule has 0 aliphatic carbocycles.